The quantitative estimate of drug-likeness (QED) is 0.750. The second-order valence-corrected chi connectivity index (χ2v) is 6.72. The summed E-state index contributed by atoms with van der Waals surface area (Å²) in [5.41, 5.74) is 2.77. The maximum atomic E-state index is 11.7. The van der Waals surface area contributed by atoms with Crippen LogP contribution in [-0.2, 0) is 15.3 Å². The number of carbonyl (C=O) groups excluding carboxylic acids is 1. The van der Waals surface area contributed by atoms with Crippen LogP contribution in [-0.4, -0.2) is 31.4 Å². The molecule has 1 N–H and O–H groups in total. The zero-order valence-electron chi connectivity index (χ0n) is 12.8. The van der Waals surface area contributed by atoms with E-state index in [4.69, 9.17) is 4.74 Å². The first-order valence-corrected chi connectivity index (χ1v) is 8.88. The second kappa shape index (κ2) is 9.11. The van der Waals surface area contributed by atoms with E-state index >= 15 is 0 Å². The predicted octanol–water partition coefficient (Wildman–Crippen LogP) is 3.16. The van der Waals surface area contributed by atoms with Crippen LogP contribution in [0.25, 0.3) is 0 Å². The zero-order valence-corrected chi connectivity index (χ0v) is 13.6. The molecule has 4 heteroatoms. The van der Waals surface area contributed by atoms with Gasteiger partial charge < -0.3 is 10.1 Å². The van der Waals surface area contributed by atoms with Gasteiger partial charge in [0, 0.05) is 31.9 Å². The third kappa shape index (κ3) is 6.10. The number of carbonyl (C=O) groups is 1. The molecule has 116 valence electrons. The Morgan fingerprint density at radius 2 is 2.29 bits per heavy atom. The van der Waals surface area contributed by atoms with Crippen molar-refractivity contribution in [2.24, 2.45) is 5.92 Å². The minimum absolute atomic E-state index is 0.175. The molecule has 0 spiro atoms. The summed E-state index contributed by atoms with van der Waals surface area (Å²) in [4.78, 5) is 11.7. The van der Waals surface area contributed by atoms with Crippen LogP contribution in [0.2, 0.25) is 0 Å². The van der Waals surface area contributed by atoms with Gasteiger partial charge >= 0.3 is 0 Å². The molecule has 1 aliphatic heterocycles. The standard InChI is InChI=1S/C17H25NO2S/c1-14-5-2-3-6-16(14)13-21-10-4-8-18-17(19)11-15-7-9-20-12-15/h2-3,5-6,15H,4,7-13H2,1H3,(H,18,19)/t15-/m0/s1. The summed E-state index contributed by atoms with van der Waals surface area (Å²) in [6.45, 7) is 4.50. The van der Waals surface area contributed by atoms with Gasteiger partial charge in [-0.05, 0) is 42.6 Å². The van der Waals surface area contributed by atoms with Gasteiger partial charge in [-0.3, -0.25) is 4.79 Å². The number of amides is 1. The van der Waals surface area contributed by atoms with Crippen LogP contribution in [0.4, 0.5) is 0 Å². The van der Waals surface area contributed by atoms with Crippen molar-refractivity contribution in [1.82, 2.24) is 5.32 Å². The first-order valence-electron chi connectivity index (χ1n) is 7.72. The average Bonchev–Trinajstić information content (AvgIpc) is 2.97. The monoisotopic (exact) mass is 307 g/mol. The maximum absolute atomic E-state index is 11.7. The molecule has 1 heterocycles. The topological polar surface area (TPSA) is 38.3 Å². The van der Waals surface area contributed by atoms with E-state index in [2.05, 4.69) is 36.5 Å². The molecule has 1 saturated heterocycles. The summed E-state index contributed by atoms with van der Waals surface area (Å²) >= 11 is 1.93. The van der Waals surface area contributed by atoms with E-state index in [0.29, 0.717) is 12.3 Å². The lowest BCUT2D eigenvalue weighted by Crippen LogP contribution is -2.27. The summed E-state index contributed by atoms with van der Waals surface area (Å²) in [5, 5.41) is 3.01. The van der Waals surface area contributed by atoms with E-state index < -0.39 is 0 Å². The minimum Gasteiger partial charge on any atom is -0.381 e. The van der Waals surface area contributed by atoms with Crippen molar-refractivity contribution in [3.63, 3.8) is 0 Å². The number of aryl methyl sites for hydroxylation is 1. The van der Waals surface area contributed by atoms with Crippen molar-refractivity contribution in [1.29, 1.82) is 0 Å². The molecule has 2 rings (SSSR count). The third-order valence-electron chi connectivity index (χ3n) is 3.80. The molecule has 0 bridgehead atoms. The number of thioether (sulfide) groups is 1. The van der Waals surface area contributed by atoms with E-state index in [1.807, 2.05) is 11.8 Å². The first kappa shape index (κ1) is 16.4. The molecule has 1 fully saturated rings. The van der Waals surface area contributed by atoms with Gasteiger partial charge in [-0.2, -0.15) is 11.8 Å². The maximum Gasteiger partial charge on any atom is 0.220 e. The van der Waals surface area contributed by atoms with Crippen LogP contribution in [0.5, 0.6) is 0 Å². The van der Waals surface area contributed by atoms with Gasteiger partial charge in [0.25, 0.3) is 0 Å². The molecule has 1 amide bonds. The molecular weight excluding hydrogens is 282 g/mol. The fraction of sp³-hybridized carbons (Fsp3) is 0.588. The van der Waals surface area contributed by atoms with Crippen molar-refractivity contribution >= 4 is 17.7 Å². The van der Waals surface area contributed by atoms with Crippen molar-refractivity contribution in [2.45, 2.75) is 31.9 Å². The van der Waals surface area contributed by atoms with Crippen molar-refractivity contribution in [3.05, 3.63) is 35.4 Å². The highest BCUT2D eigenvalue weighted by atomic mass is 32.2. The highest BCUT2D eigenvalue weighted by Gasteiger charge is 2.18. The molecule has 21 heavy (non-hydrogen) atoms. The van der Waals surface area contributed by atoms with Crippen molar-refractivity contribution in [2.75, 3.05) is 25.5 Å². The molecule has 0 radical (unpaired) electrons. The Hall–Kier alpha value is -1.00. The van der Waals surface area contributed by atoms with Gasteiger partial charge in [0.05, 0.1) is 0 Å². The van der Waals surface area contributed by atoms with Crippen LogP contribution >= 0.6 is 11.8 Å². The molecule has 0 unspecified atom stereocenters. The zero-order chi connectivity index (χ0) is 14.9. The third-order valence-corrected chi connectivity index (χ3v) is 4.90. The Morgan fingerprint density at radius 3 is 3.05 bits per heavy atom. The fourth-order valence-corrected chi connectivity index (χ4v) is 3.47. The molecule has 1 atom stereocenters. The predicted molar refractivity (Wildman–Crippen MR) is 88.5 cm³/mol. The average molecular weight is 307 g/mol. The summed E-state index contributed by atoms with van der Waals surface area (Å²) < 4.78 is 5.28. The molecule has 0 aliphatic carbocycles. The van der Waals surface area contributed by atoms with Crippen LogP contribution < -0.4 is 5.32 Å². The van der Waals surface area contributed by atoms with E-state index in [-0.39, 0.29) is 5.91 Å². The van der Waals surface area contributed by atoms with Crippen LogP contribution in [0.15, 0.2) is 24.3 Å². The highest BCUT2D eigenvalue weighted by Crippen LogP contribution is 2.17. The number of hydrogen-bond acceptors (Lipinski definition) is 3. The summed E-state index contributed by atoms with van der Waals surface area (Å²) in [6.07, 6.45) is 2.68. The number of ether oxygens (including phenoxy) is 1. The van der Waals surface area contributed by atoms with E-state index in [0.717, 1.165) is 44.1 Å². The van der Waals surface area contributed by atoms with E-state index in [1.54, 1.807) is 0 Å². The van der Waals surface area contributed by atoms with Gasteiger partial charge in [-0.25, -0.2) is 0 Å². The van der Waals surface area contributed by atoms with Gasteiger partial charge in [0.2, 0.25) is 5.91 Å². The summed E-state index contributed by atoms with van der Waals surface area (Å²) in [7, 11) is 0. The molecule has 3 nitrogen and oxygen atoms in total. The molecule has 1 aliphatic rings. The van der Waals surface area contributed by atoms with Gasteiger partial charge in [-0.1, -0.05) is 24.3 Å². The van der Waals surface area contributed by atoms with Crippen LogP contribution in [0, 0.1) is 12.8 Å². The number of hydrogen-bond donors (Lipinski definition) is 1. The molecule has 1 aromatic carbocycles. The second-order valence-electron chi connectivity index (χ2n) is 5.62. The lowest BCUT2D eigenvalue weighted by Gasteiger charge is -2.09. The smallest absolute Gasteiger partial charge is 0.220 e. The Balaban J connectivity index is 1.50. The first-order chi connectivity index (χ1) is 10.3. The SMILES string of the molecule is Cc1ccccc1CSCCCNC(=O)C[C@@H]1CCOC1. The highest BCUT2D eigenvalue weighted by molar-refractivity contribution is 7.98. The van der Waals surface area contributed by atoms with Crippen LogP contribution in [0.3, 0.4) is 0 Å². The molecule has 0 saturated carbocycles. The van der Waals surface area contributed by atoms with Crippen molar-refractivity contribution < 1.29 is 9.53 Å². The number of benzene rings is 1. The largest absolute Gasteiger partial charge is 0.381 e. The Bertz CT molecular complexity index is 444. The minimum atomic E-state index is 0.175. The summed E-state index contributed by atoms with van der Waals surface area (Å²) in [5.74, 6) is 2.75. The molecule has 1 aromatic rings. The van der Waals surface area contributed by atoms with Gasteiger partial charge in [0.15, 0.2) is 0 Å². The molecular formula is C17H25NO2S. The number of nitrogens with one attached hydrogen (secondary N) is 1. The Labute approximate surface area is 131 Å². The fourth-order valence-electron chi connectivity index (χ4n) is 2.43. The lowest BCUT2D eigenvalue weighted by atomic mass is 10.1. The van der Waals surface area contributed by atoms with E-state index in [1.165, 1.54) is 11.1 Å². The Morgan fingerprint density at radius 1 is 1.43 bits per heavy atom. The summed E-state index contributed by atoms with van der Waals surface area (Å²) in [6, 6.07) is 8.51. The lowest BCUT2D eigenvalue weighted by molar-refractivity contribution is -0.122. The normalized spacial score (nSPS) is 17.9. The van der Waals surface area contributed by atoms with Gasteiger partial charge in [-0.15, -0.1) is 0 Å². The van der Waals surface area contributed by atoms with E-state index in [9.17, 15) is 4.79 Å². The number of rotatable bonds is 8. The van der Waals surface area contributed by atoms with Gasteiger partial charge in [0.1, 0.15) is 0 Å². The van der Waals surface area contributed by atoms with Crippen molar-refractivity contribution in [3.8, 4) is 0 Å². The van der Waals surface area contributed by atoms with Crippen LogP contribution in [0.1, 0.15) is 30.4 Å². The molecule has 0 aromatic heterocycles. The Kier molecular flexibility index (Phi) is 7.10.